The van der Waals surface area contributed by atoms with Gasteiger partial charge in [0, 0.05) is 12.6 Å². The van der Waals surface area contributed by atoms with E-state index in [0.29, 0.717) is 47.4 Å². The Morgan fingerprint density at radius 3 is 2.50 bits per heavy atom. The first-order valence-corrected chi connectivity index (χ1v) is 9.24. The number of anilines is 2. The lowest BCUT2D eigenvalue weighted by atomic mass is 10.1. The first-order valence-electron chi connectivity index (χ1n) is 9.24. The summed E-state index contributed by atoms with van der Waals surface area (Å²) in [4.78, 5) is 35.5. The fourth-order valence-corrected chi connectivity index (χ4v) is 2.83. The lowest BCUT2D eigenvalue weighted by molar-refractivity contribution is -0.146. The molecule has 0 aliphatic carbocycles. The van der Waals surface area contributed by atoms with Gasteiger partial charge in [0.15, 0.2) is 18.1 Å². The molecule has 9 nitrogen and oxygen atoms in total. The van der Waals surface area contributed by atoms with E-state index in [1.165, 1.54) is 14.0 Å². The highest BCUT2D eigenvalue weighted by atomic mass is 16.6. The quantitative estimate of drug-likeness (QED) is 0.668. The van der Waals surface area contributed by atoms with Crippen LogP contribution in [0.15, 0.2) is 36.4 Å². The van der Waals surface area contributed by atoms with Crippen molar-refractivity contribution >= 4 is 29.2 Å². The van der Waals surface area contributed by atoms with Gasteiger partial charge in [0.1, 0.15) is 19.0 Å². The molecule has 0 radical (unpaired) electrons. The van der Waals surface area contributed by atoms with Gasteiger partial charge in [-0.1, -0.05) is 6.07 Å². The summed E-state index contributed by atoms with van der Waals surface area (Å²) >= 11 is 0. The van der Waals surface area contributed by atoms with Gasteiger partial charge in [0.25, 0.3) is 5.91 Å². The monoisotopic (exact) mass is 414 g/mol. The zero-order valence-electron chi connectivity index (χ0n) is 16.7. The van der Waals surface area contributed by atoms with Crippen LogP contribution in [0.25, 0.3) is 0 Å². The summed E-state index contributed by atoms with van der Waals surface area (Å²) in [5, 5.41) is 5.22. The number of nitrogens with one attached hydrogen (secondary N) is 2. The Balaban J connectivity index is 1.54. The third-order valence-electron chi connectivity index (χ3n) is 4.11. The molecule has 3 rings (SSSR count). The third-order valence-corrected chi connectivity index (χ3v) is 4.11. The van der Waals surface area contributed by atoms with Crippen molar-refractivity contribution in [3.05, 3.63) is 42.0 Å². The van der Waals surface area contributed by atoms with E-state index in [4.69, 9.17) is 18.9 Å². The van der Waals surface area contributed by atoms with E-state index in [9.17, 15) is 14.4 Å². The average molecular weight is 414 g/mol. The van der Waals surface area contributed by atoms with Crippen LogP contribution in [-0.4, -0.2) is 44.7 Å². The van der Waals surface area contributed by atoms with E-state index in [1.807, 2.05) is 0 Å². The Bertz CT molecular complexity index is 958. The van der Waals surface area contributed by atoms with Gasteiger partial charge in [0.2, 0.25) is 5.91 Å². The normalized spacial score (nSPS) is 11.9. The fourth-order valence-electron chi connectivity index (χ4n) is 2.83. The SMILES string of the molecule is COc1ccc(NC(C)=O)cc1NC(=O)COC(=O)Cc1ccc2c(c1)OCCO2. The van der Waals surface area contributed by atoms with Crippen molar-refractivity contribution in [2.24, 2.45) is 0 Å². The van der Waals surface area contributed by atoms with Crippen LogP contribution in [0.3, 0.4) is 0 Å². The predicted molar refractivity (Wildman–Crippen MR) is 108 cm³/mol. The van der Waals surface area contributed by atoms with Gasteiger partial charge in [0.05, 0.1) is 19.2 Å². The van der Waals surface area contributed by atoms with E-state index in [0.717, 1.165) is 0 Å². The van der Waals surface area contributed by atoms with Crippen molar-refractivity contribution in [1.29, 1.82) is 0 Å². The number of benzene rings is 2. The summed E-state index contributed by atoms with van der Waals surface area (Å²) in [6, 6.07) is 9.99. The molecule has 0 atom stereocenters. The molecule has 2 N–H and O–H groups in total. The molecular formula is C21H22N2O7. The van der Waals surface area contributed by atoms with Crippen LogP contribution < -0.4 is 24.8 Å². The van der Waals surface area contributed by atoms with Gasteiger partial charge >= 0.3 is 5.97 Å². The number of hydrogen-bond donors (Lipinski definition) is 2. The van der Waals surface area contributed by atoms with Crippen LogP contribution in [0.4, 0.5) is 11.4 Å². The molecular weight excluding hydrogens is 392 g/mol. The van der Waals surface area contributed by atoms with E-state index in [2.05, 4.69) is 10.6 Å². The predicted octanol–water partition coefficient (Wildman–Crippen LogP) is 2.15. The molecule has 158 valence electrons. The van der Waals surface area contributed by atoms with E-state index in [1.54, 1.807) is 36.4 Å². The highest BCUT2D eigenvalue weighted by Gasteiger charge is 2.15. The number of carbonyl (C=O) groups is 3. The third kappa shape index (κ3) is 5.63. The maximum Gasteiger partial charge on any atom is 0.310 e. The Labute approximate surface area is 173 Å². The number of hydrogen-bond acceptors (Lipinski definition) is 7. The number of amides is 2. The number of methoxy groups -OCH3 is 1. The first kappa shape index (κ1) is 21.0. The second-order valence-corrected chi connectivity index (χ2v) is 6.46. The smallest absolute Gasteiger partial charge is 0.310 e. The maximum absolute atomic E-state index is 12.2. The van der Waals surface area contributed by atoms with Crippen LogP contribution in [0, 0.1) is 0 Å². The Morgan fingerprint density at radius 1 is 1.00 bits per heavy atom. The molecule has 1 aliphatic heterocycles. The van der Waals surface area contributed by atoms with Gasteiger partial charge in [-0.15, -0.1) is 0 Å². The van der Waals surface area contributed by atoms with Crippen molar-refractivity contribution in [3.8, 4) is 17.2 Å². The number of rotatable bonds is 7. The fraction of sp³-hybridized carbons (Fsp3) is 0.286. The highest BCUT2D eigenvalue weighted by molar-refractivity contribution is 5.96. The number of esters is 1. The van der Waals surface area contributed by atoms with E-state index >= 15 is 0 Å². The minimum absolute atomic E-state index is 0.00867. The number of carbonyl (C=O) groups excluding carboxylic acids is 3. The molecule has 0 spiro atoms. The molecule has 0 unspecified atom stereocenters. The van der Waals surface area contributed by atoms with Crippen molar-refractivity contribution in [3.63, 3.8) is 0 Å². The summed E-state index contributed by atoms with van der Waals surface area (Å²) < 4.78 is 21.2. The largest absolute Gasteiger partial charge is 0.495 e. The molecule has 0 saturated carbocycles. The van der Waals surface area contributed by atoms with Gasteiger partial charge in [-0.25, -0.2) is 0 Å². The van der Waals surface area contributed by atoms with Gasteiger partial charge < -0.3 is 29.6 Å². The maximum atomic E-state index is 12.2. The molecule has 0 fully saturated rings. The molecule has 0 bridgehead atoms. The van der Waals surface area contributed by atoms with Crippen molar-refractivity contribution < 1.29 is 33.3 Å². The molecule has 1 aliphatic rings. The summed E-state index contributed by atoms with van der Waals surface area (Å²) in [5.41, 5.74) is 1.53. The lowest BCUT2D eigenvalue weighted by Crippen LogP contribution is -2.22. The molecule has 2 aromatic rings. The Morgan fingerprint density at radius 2 is 1.77 bits per heavy atom. The standard InChI is InChI=1S/C21H22N2O7/c1-13(24)22-15-4-6-17(27-2)16(11-15)23-20(25)12-30-21(26)10-14-3-5-18-19(9-14)29-8-7-28-18/h3-6,9,11H,7-8,10,12H2,1-2H3,(H,22,24)(H,23,25). The Hall–Kier alpha value is -3.75. The minimum atomic E-state index is -0.555. The molecule has 2 aromatic carbocycles. The lowest BCUT2D eigenvalue weighted by Gasteiger charge is -2.18. The molecule has 9 heteroatoms. The molecule has 0 saturated heterocycles. The van der Waals surface area contributed by atoms with Crippen LogP contribution in [0.1, 0.15) is 12.5 Å². The van der Waals surface area contributed by atoms with Gasteiger partial charge in [-0.05, 0) is 35.9 Å². The summed E-state index contributed by atoms with van der Waals surface area (Å²) in [7, 11) is 1.45. The average Bonchev–Trinajstić information content (AvgIpc) is 2.72. The van der Waals surface area contributed by atoms with Crippen LogP contribution in [0.5, 0.6) is 17.2 Å². The van der Waals surface area contributed by atoms with Gasteiger partial charge in [-0.2, -0.15) is 0 Å². The summed E-state index contributed by atoms with van der Waals surface area (Å²) in [5.74, 6) is 0.277. The van der Waals surface area contributed by atoms with Crippen LogP contribution >= 0.6 is 0 Å². The summed E-state index contributed by atoms with van der Waals surface area (Å²) in [6.45, 7) is 1.86. The molecule has 2 amide bonds. The highest BCUT2D eigenvalue weighted by Crippen LogP contribution is 2.31. The zero-order chi connectivity index (χ0) is 21.5. The topological polar surface area (TPSA) is 112 Å². The van der Waals surface area contributed by atoms with E-state index in [-0.39, 0.29) is 12.3 Å². The number of ether oxygens (including phenoxy) is 4. The molecule has 30 heavy (non-hydrogen) atoms. The zero-order valence-corrected chi connectivity index (χ0v) is 16.7. The number of fused-ring (bicyclic) bond motifs is 1. The second-order valence-electron chi connectivity index (χ2n) is 6.46. The first-order chi connectivity index (χ1) is 14.4. The Kier molecular flexibility index (Phi) is 6.74. The van der Waals surface area contributed by atoms with Crippen LogP contribution in [-0.2, 0) is 25.5 Å². The van der Waals surface area contributed by atoms with E-state index < -0.39 is 18.5 Å². The second kappa shape index (κ2) is 9.64. The van der Waals surface area contributed by atoms with Crippen LogP contribution in [0.2, 0.25) is 0 Å². The van der Waals surface area contributed by atoms with Gasteiger partial charge in [-0.3, -0.25) is 14.4 Å². The van der Waals surface area contributed by atoms with Crippen molar-refractivity contribution in [2.75, 3.05) is 37.6 Å². The molecule has 0 aromatic heterocycles. The minimum Gasteiger partial charge on any atom is -0.495 e. The molecule has 1 heterocycles. The van der Waals surface area contributed by atoms with Crippen molar-refractivity contribution in [1.82, 2.24) is 0 Å². The van der Waals surface area contributed by atoms with Crippen molar-refractivity contribution in [2.45, 2.75) is 13.3 Å². The summed E-state index contributed by atoms with van der Waals surface area (Å²) in [6.07, 6.45) is -0.00867.